The molecule has 83 valence electrons. The molecule has 0 fully saturated rings. The van der Waals surface area contributed by atoms with Gasteiger partial charge in [0.05, 0.1) is 0 Å². The highest BCUT2D eigenvalue weighted by atomic mass is 14.0. The summed E-state index contributed by atoms with van der Waals surface area (Å²) in [5, 5.41) is 0. The van der Waals surface area contributed by atoms with Gasteiger partial charge in [-0.2, -0.15) is 0 Å². The number of hydrogen-bond donors (Lipinski definition) is 0. The van der Waals surface area contributed by atoms with Gasteiger partial charge in [0.15, 0.2) is 0 Å². The first-order valence-electron chi connectivity index (χ1n) is 6.26. The molecule has 0 atom stereocenters. The van der Waals surface area contributed by atoms with Gasteiger partial charge >= 0.3 is 0 Å². The normalized spacial score (nSPS) is 12.1. The third-order valence-electron chi connectivity index (χ3n) is 2.55. The smallest absolute Gasteiger partial charge is 0.0286 e. The minimum absolute atomic E-state index is 1.22. The quantitative estimate of drug-likeness (QED) is 0.438. The van der Waals surface area contributed by atoms with Crippen LogP contribution in [-0.2, 0) is 0 Å². The number of rotatable bonds is 9. The zero-order valence-electron chi connectivity index (χ0n) is 10.1. The van der Waals surface area contributed by atoms with Crippen molar-refractivity contribution in [3.05, 3.63) is 18.6 Å². The first-order valence-corrected chi connectivity index (χ1v) is 6.26. The first kappa shape index (κ1) is 13.7. The molecular weight excluding hydrogens is 168 g/mol. The summed E-state index contributed by atoms with van der Waals surface area (Å²) in [5.74, 6) is 0. The van der Waals surface area contributed by atoms with Gasteiger partial charge in [0.25, 0.3) is 0 Å². The Hall–Kier alpha value is -0.260. The molecule has 0 nitrogen and oxygen atoms in total. The van der Waals surface area contributed by atoms with E-state index in [0.29, 0.717) is 0 Å². The second kappa shape index (κ2) is 10.8. The highest BCUT2D eigenvalue weighted by Gasteiger charge is 1.90. The molecule has 0 bridgehead atoms. The Morgan fingerprint density at radius 2 is 1.43 bits per heavy atom. The molecule has 0 saturated carbocycles. The van der Waals surface area contributed by atoms with Crippen LogP contribution < -0.4 is 0 Å². The number of unbranched alkanes of at least 4 members (excludes halogenated alkanes) is 8. The van der Waals surface area contributed by atoms with Crippen LogP contribution in [-0.4, -0.2) is 0 Å². The second-order valence-corrected chi connectivity index (χ2v) is 4.31. The van der Waals surface area contributed by atoms with Crippen LogP contribution in [0.2, 0.25) is 0 Å². The molecule has 0 heteroatoms. The Morgan fingerprint density at radius 3 is 1.93 bits per heavy atom. The van der Waals surface area contributed by atoms with E-state index in [2.05, 4.69) is 26.8 Å². The molecule has 0 aliphatic rings. The average Bonchev–Trinajstić information content (AvgIpc) is 2.15. The summed E-state index contributed by atoms with van der Waals surface area (Å²) >= 11 is 0. The van der Waals surface area contributed by atoms with Gasteiger partial charge in [-0.25, -0.2) is 0 Å². The van der Waals surface area contributed by atoms with E-state index in [1.807, 2.05) is 0 Å². The molecule has 0 aliphatic carbocycles. The Kier molecular flexibility index (Phi) is 10.6. The van der Waals surface area contributed by atoms with Crippen molar-refractivity contribution < 1.29 is 0 Å². The molecule has 0 aromatic carbocycles. The Morgan fingerprint density at radius 1 is 0.929 bits per heavy atom. The minimum atomic E-state index is 1.22. The van der Waals surface area contributed by atoms with Gasteiger partial charge in [0.2, 0.25) is 0 Å². The third kappa shape index (κ3) is 11.7. The molecule has 0 N–H and O–H groups in total. The van der Waals surface area contributed by atoms with Crippen LogP contribution in [0.25, 0.3) is 0 Å². The Labute approximate surface area is 90.8 Å². The van der Waals surface area contributed by atoms with E-state index >= 15 is 0 Å². The van der Waals surface area contributed by atoms with Gasteiger partial charge in [-0.3, -0.25) is 0 Å². The summed E-state index contributed by atoms with van der Waals surface area (Å²) in [5.41, 5.74) is 1.22. The van der Waals surface area contributed by atoms with Crippen molar-refractivity contribution in [2.75, 3.05) is 0 Å². The van der Waals surface area contributed by atoms with Crippen LogP contribution in [0.1, 0.15) is 71.6 Å². The predicted molar refractivity (Wildman–Crippen MR) is 66.3 cm³/mol. The van der Waals surface area contributed by atoms with E-state index in [4.69, 9.17) is 0 Å². The predicted octanol–water partition coefficient (Wildman–Crippen LogP) is 5.30. The van der Waals surface area contributed by atoms with E-state index in [0.717, 1.165) is 0 Å². The van der Waals surface area contributed by atoms with Crippen molar-refractivity contribution >= 4 is 0 Å². The maximum atomic E-state index is 3.87. The molecule has 0 spiro atoms. The lowest BCUT2D eigenvalue weighted by atomic mass is 10.1. The summed E-state index contributed by atoms with van der Waals surface area (Å²) < 4.78 is 0. The topological polar surface area (TPSA) is 0 Å². The Balaban J connectivity index is 2.96. The van der Waals surface area contributed by atoms with Crippen molar-refractivity contribution in [2.45, 2.75) is 71.6 Å². The van der Waals surface area contributed by atoms with Crippen molar-refractivity contribution in [3.63, 3.8) is 0 Å². The van der Waals surface area contributed by atoms with Crippen LogP contribution in [0.4, 0.5) is 0 Å². The van der Waals surface area contributed by atoms with Crippen molar-refractivity contribution in [1.29, 1.82) is 0 Å². The third-order valence-corrected chi connectivity index (χ3v) is 2.55. The minimum Gasteiger partial charge on any atom is -0.0856 e. The zero-order valence-corrected chi connectivity index (χ0v) is 10.1. The summed E-state index contributed by atoms with van der Waals surface area (Å²) in [6.07, 6.45) is 14.7. The van der Waals surface area contributed by atoms with Gasteiger partial charge in [-0.15, -0.1) is 0 Å². The Bertz CT molecular complexity index is 129. The van der Waals surface area contributed by atoms with E-state index in [1.165, 1.54) is 63.4 Å². The summed E-state index contributed by atoms with van der Waals surface area (Å²) in [6.45, 7) is 8.21. The molecule has 0 saturated heterocycles. The van der Waals surface area contributed by atoms with E-state index in [9.17, 15) is 0 Å². The standard InChI is InChI=1S/C14H27/c1-4-5-6-7-8-9-10-11-12-13-14(2)3/h13H,2,4-12H2,1,3H3/b14-13-. The average molecular weight is 195 g/mol. The molecule has 14 heavy (non-hydrogen) atoms. The van der Waals surface area contributed by atoms with Crippen molar-refractivity contribution in [2.24, 2.45) is 0 Å². The summed E-state index contributed by atoms with van der Waals surface area (Å²) in [4.78, 5) is 0. The highest BCUT2D eigenvalue weighted by Crippen LogP contribution is 2.10. The van der Waals surface area contributed by atoms with E-state index in [1.54, 1.807) is 0 Å². The highest BCUT2D eigenvalue weighted by molar-refractivity contribution is 5.00. The SMILES string of the molecule is [CH2]/C(C)=C/CCCCCCCCCC. The van der Waals surface area contributed by atoms with Gasteiger partial charge in [-0.1, -0.05) is 63.5 Å². The number of allylic oxidation sites excluding steroid dienone is 2. The van der Waals surface area contributed by atoms with Crippen molar-refractivity contribution in [1.82, 2.24) is 0 Å². The molecule has 0 amide bonds. The lowest BCUT2D eigenvalue weighted by Crippen LogP contribution is -1.80. The van der Waals surface area contributed by atoms with Gasteiger partial charge in [0, 0.05) is 0 Å². The molecule has 0 aliphatic heterocycles. The molecule has 0 aromatic heterocycles. The van der Waals surface area contributed by atoms with Crippen LogP contribution in [0, 0.1) is 6.92 Å². The fraction of sp³-hybridized carbons (Fsp3) is 0.786. The molecule has 0 rings (SSSR count). The fourth-order valence-corrected chi connectivity index (χ4v) is 1.63. The fourth-order valence-electron chi connectivity index (χ4n) is 1.63. The summed E-state index contributed by atoms with van der Waals surface area (Å²) in [7, 11) is 0. The molecule has 0 heterocycles. The van der Waals surface area contributed by atoms with Crippen LogP contribution in [0.15, 0.2) is 11.6 Å². The largest absolute Gasteiger partial charge is 0.0856 e. The lowest BCUT2D eigenvalue weighted by molar-refractivity contribution is 0.577. The van der Waals surface area contributed by atoms with E-state index in [-0.39, 0.29) is 0 Å². The molecule has 0 aromatic rings. The van der Waals surface area contributed by atoms with Crippen molar-refractivity contribution in [3.8, 4) is 0 Å². The van der Waals surface area contributed by atoms with Gasteiger partial charge < -0.3 is 0 Å². The van der Waals surface area contributed by atoms with Gasteiger partial charge in [-0.05, 0) is 26.7 Å². The van der Waals surface area contributed by atoms with Crippen LogP contribution >= 0.6 is 0 Å². The second-order valence-electron chi connectivity index (χ2n) is 4.31. The van der Waals surface area contributed by atoms with E-state index < -0.39 is 0 Å². The molecule has 1 radical (unpaired) electrons. The lowest BCUT2D eigenvalue weighted by Gasteiger charge is -2.00. The zero-order chi connectivity index (χ0) is 10.6. The number of hydrogen-bond acceptors (Lipinski definition) is 0. The summed E-state index contributed by atoms with van der Waals surface area (Å²) in [6, 6.07) is 0. The monoisotopic (exact) mass is 195 g/mol. The van der Waals surface area contributed by atoms with Gasteiger partial charge in [0.1, 0.15) is 0 Å². The van der Waals surface area contributed by atoms with Crippen LogP contribution in [0.3, 0.4) is 0 Å². The maximum Gasteiger partial charge on any atom is -0.0286 e. The first-order chi connectivity index (χ1) is 6.77. The van der Waals surface area contributed by atoms with Crippen LogP contribution in [0.5, 0.6) is 0 Å². The molecular formula is C14H27. The maximum absolute atomic E-state index is 3.87. The molecule has 0 unspecified atom stereocenters.